The minimum atomic E-state index is -0.822. The Balaban J connectivity index is 2.37. The molecule has 98 valence electrons. The number of hydrogen-bond acceptors (Lipinski definition) is 1. The van der Waals surface area contributed by atoms with E-state index < -0.39 is 11.9 Å². The molecule has 1 saturated carbocycles. The molecule has 0 aromatic heterocycles. The number of rotatable bonds is 3. The molecule has 2 rings (SSSR count). The van der Waals surface area contributed by atoms with Gasteiger partial charge in [0.15, 0.2) is 0 Å². The van der Waals surface area contributed by atoms with Crippen molar-refractivity contribution in [2.75, 3.05) is 0 Å². The van der Waals surface area contributed by atoms with Crippen molar-refractivity contribution in [1.82, 2.24) is 0 Å². The van der Waals surface area contributed by atoms with Gasteiger partial charge in [-0.3, -0.25) is 4.79 Å². The number of carbonyl (C=O) groups is 1. The molecule has 1 aliphatic carbocycles. The number of carboxylic acids is 1. The van der Waals surface area contributed by atoms with Gasteiger partial charge >= 0.3 is 5.97 Å². The van der Waals surface area contributed by atoms with Crippen LogP contribution >= 0.6 is 23.2 Å². The standard InChI is InChI=1S/C14H16Cl2O2/c15-10-7-4-8-11(16)13(10)12(14(17)18)9-5-2-1-3-6-9/h4,7-9,12H,1-3,5-6H2,(H,17,18). The lowest BCUT2D eigenvalue weighted by atomic mass is 9.77. The molecule has 2 nitrogen and oxygen atoms in total. The van der Waals surface area contributed by atoms with Crippen LogP contribution < -0.4 is 0 Å². The van der Waals surface area contributed by atoms with Crippen LogP contribution in [0.2, 0.25) is 10.0 Å². The van der Waals surface area contributed by atoms with Crippen molar-refractivity contribution in [1.29, 1.82) is 0 Å². The lowest BCUT2D eigenvalue weighted by molar-refractivity contribution is -0.140. The van der Waals surface area contributed by atoms with Gasteiger partial charge in [-0.1, -0.05) is 48.5 Å². The predicted octanol–water partition coefficient (Wildman–Crippen LogP) is 4.74. The zero-order chi connectivity index (χ0) is 13.1. The maximum atomic E-state index is 11.6. The van der Waals surface area contributed by atoms with Gasteiger partial charge in [-0.25, -0.2) is 0 Å². The lowest BCUT2D eigenvalue weighted by Crippen LogP contribution is -2.24. The molecular weight excluding hydrogens is 271 g/mol. The van der Waals surface area contributed by atoms with Gasteiger partial charge < -0.3 is 5.11 Å². The van der Waals surface area contributed by atoms with E-state index in [1.165, 1.54) is 6.42 Å². The van der Waals surface area contributed by atoms with Crippen LogP contribution in [0.1, 0.15) is 43.6 Å². The molecule has 1 aromatic rings. The van der Waals surface area contributed by atoms with Gasteiger partial charge in [0.05, 0.1) is 5.92 Å². The Morgan fingerprint density at radius 3 is 2.22 bits per heavy atom. The third kappa shape index (κ3) is 2.81. The summed E-state index contributed by atoms with van der Waals surface area (Å²) in [6, 6.07) is 5.16. The Morgan fingerprint density at radius 1 is 1.17 bits per heavy atom. The van der Waals surface area contributed by atoms with E-state index in [0.29, 0.717) is 15.6 Å². The van der Waals surface area contributed by atoms with Gasteiger partial charge in [-0.05, 0) is 30.9 Å². The van der Waals surface area contributed by atoms with E-state index in [1.54, 1.807) is 18.2 Å². The van der Waals surface area contributed by atoms with Crippen LogP contribution in [0.25, 0.3) is 0 Å². The summed E-state index contributed by atoms with van der Waals surface area (Å²) in [7, 11) is 0. The van der Waals surface area contributed by atoms with Gasteiger partial charge in [0, 0.05) is 15.6 Å². The van der Waals surface area contributed by atoms with Crippen LogP contribution in [-0.2, 0) is 4.79 Å². The van der Waals surface area contributed by atoms with E-state index in [2.05, 4.69) is 0 Å². The highest BCUT2D eigenvalue weighted by Gasteiger charge is 2.33. The van der Waals surface area contributed by atoms with Crippen LogP contribution in [0, 0.1) is 5.92 Å². The number of aliphatic carboxylic acids is 1. The van der Waals surface area contributed by atoms with Crippen molar-refractivity contribution >= 4 is 29.2 Å². The normalized spacial score (nSPS) is 18.6. The second-order valence-corrected chi connectivity index (χ2v) is 5.66. The summed E-state index contributed by atoms with van der Waals surface area (Å²) in [4.78, 5) is 11.6. The fourth-order valence-electron chi connectivity index (χ4n) is 2.84. The molecule has 1 unspecified atom stereocenters. The van der Waals surface area contributed by atoms with E-state index >= 15 is 0 Å². The fourth-order valence-corrected chi connectivity index (χ4v) is 3.47. The van der Waals surface area contributed by atoms with Crippen LogP contribution in [0.4, 0.5) is 0 Å². The number of carboxylic acid groups (broad SMARTS) is 1. The molecule has 18 heavy (non-hydrogen) atoms. The van der Waals surface area contributed by atoms with Crippen molar-refractivity contribution in [3.63, 3.8) is 0 Å². The summed E-state index contributed by atoms with van der Waals surface area (Å²) < 4.78 is 0. The molecule has 0 bridgehead atoms. The Labute approximate surface area is 117 Å². The van der Waals surface area contributed by atoms with E-state index in [9.17, 15) is 9.90 Å². The van der Waals surface area contributed by atoms with Crippen molar-refractivity contribution in [3.05, 3.63) is 33.8 Å². The molecule has 1 N–H and O–H groups in total. The Bertz CT molecular complexity index is 419. The minimum Gasteiger partial charge on any atom is -0.481 e. The van der Waals surface area contributed by atoms with Crippen molar-refractivity contribution in [3.8, 4) is 0 Å². The summed E-state index contributed by atoms with van der Waals surface area (Å²) in [5.74, 6) is -1.25. The maximum absolute atomic E-state index is 11.6. The van der Waals surface area contributed by atoms with Gasteiger partial charge in [0.2, 0.25) is 0 Å². The molecular formula is C14H16Cl2O2. The summed E-state index contributed by atoms with van der Waals surface area (Å²) in [5, 5.41) is 10.4. The summed E-state index contributed by atoms with van der Waals surface area (Å²) in [6.45, 7) is 0. The van der Waals surface area contributed by atoms with Crippen molar-refractivity contribution in [2.24, 2.45) is 5.92 Å². The monoisotopic (exact) mass is 286 g/mol. The molecule has 4 heteroatoms. The van der Waals surface area contributed by atoms with Crippen molar-refractivity contribution < 1.29 is 9.90 Å². The molecule has 0 aliphatic heterocycles. The fraction of sp³-hybridized carbons (Fsp3) is 0.500. The average molecular weight is 287 g/mol. The van der Waals surface area contributed by atoms with Crippen LogP contribution in [0.3, 0.4) is 0 Å². The van der Waals surface area contributed by atoms with Crippen LogP contribution in [-0.4, -0.2) is 11.1 Å². The van der Waals surface area contributed by atoms with Gasteiger partial charge in [0.25, 0.3) is 0 Å². The molecule has 0 heterocycles. The first-order valence-electron chi connectivity index (χ1n) is 6.28. The highest BCUT2D eigenvalue weighted by molar-refractivity contribution is 6.36. The quantitative estimate of drug-likeness (QED) is 0.871. The first-order chi connectivity index (χ1) is 8.61. The van der Waals surface area contributed by atoms with Crippen LogP contribution in [0.5, 0.6) is 0 Å². The molecule has 0 radical (unpaired) electrons. The van der Waals surface area contributed by atoms with Crippen molar-refractivity contribution in [2.45, 2.75) is 38.0 Å². The lowest BCUT2D eigenvalue weighted by Gasteiger charge is -2.28. The Morgan fingerprint density at radius 2 is 1.72 bits per heavy atom. The van der Waals surface area contributed by atoms with Gasteiger partial charge in [-0.15, -0.1) is 0 Å². The van der Waals surface area contributed by atoms with Crippen LogP contribution in [0.15, 0.2) is 18.2 Å². The summed E-state index contributed by atoms with van der Waals surface area (Å²) >= 11 is 12.3. The largest absolute Gasteiger partial charge is 0.481 e. The number of benzene rings is 1. The smallest absolute Gasteiger partial charge is 0.311 e. The topological polar surface area (TPSA) is 37.3 Å². The second-order valence-electron chi connectivity index (χ2n) is 4.85. The third-order valence-corrected chi connectivity index (χ3v) is 4.36. The first kappa shape index (κ1) is 13.7. The number of halogens is 2. The minimum absolute atomic E-state index is 0.147. The molecule has 1 atom stereocenters. The highest BCUT2D eigenvalue weighted by atomic mass is 35.5. The van der Waals surface area contributed by atoms with E-state index in [-0.39, 0.29) is 5.92 Å². The summed E-state index contributed by atoms with van der Waals surface area (Å²) in [6.07, 6.45) is 5.27. The Kier molecular flexibility index (Phi) is 4.52. The SMILES string of the molecule is O=C(O)C(c1c(Cl)cccc1Cl)C1CCCCC1. The molecule has 1 fully saturated rings. The van der Waals surface area contributed by atoms with Gasteiger partial charge in [0.1, 0.15) is 0 Å². The number of hydrogen-bond donors (Lipinski definition) is 1. The first-order valence-corrected chi connectivity index (χ1v) is 7.03. The molecule has 1 aliphatic rings. The van der Waals surface area contributed by atoms with Gasteiger partial charge in [-0.2, -0.15) is 0 Å². The Hall–Kier alpha value is -0.730. The maximum Gasteiger partial charge on any atom is 0.311 e. The third-order valence-electron chi connectivity index (χ3n) is 3.70. The molecule has 0 saturated heterocycles. The molecule has 1 aromatic carbocycles. The highest BCUT2D eigenvalue weighted by Crippen LogP contribution is 2.41. The van der Waals surface area contributed by atoms with E-state index in [1.807, 2.05) is 0 Å². The van der Waals surface area contributed by atoms with E-state index in [0.717, 1.165) is 25.7 Å². The zero-order valence-electron chi connectivity index (χ0n) is 10.0. The summed E-state index contributed by atoms with van der Waals surface area (Å²) in [5.41, 5.74) is 0.584. The molecule has 0 amide bonds. The predicted molar refractivity (Wildman–Crippen MR) is 73.4 cm³/mol. The second kappa shape index (κ2) is 5.94. The van der Waals surface area contributed by atoms with E-state index in [4.69, 9.17) is 23.2 Å². The molecule has 0 spiro atoms. The zero-order valence-corrected chi connectivity index (χ0v) is 11.5. The average Bonchev–Trinajstić information content (AvgIpc) is 2.34.